The van der Waals surface area contributed by atoms with E-state index in [0.717, 1.165) is 15.4 Å². The molecule has 0 aliphatic carbocycles. The number of nitrogens with zero attached hydrogens (tertiary/aromatic N) is 2. The van der Waals surface area contributed by atoms with Crippen molar-refractivity contribution in [3.8, 4) is 11.5 Å². The van der Waals surface area contributed by atoms with Crippen LogP contribution in [-0.4, -0.2) is 57.5 Å². The Balaban J connectivity index is 1.82. The minimum atomic E-state index is -4.23. The third-order valence-electron chi connectivity index (χ3n) is 7.88. The molecule has 0 spiro atoms. The molecule has 48 heavy (non-hydrogen) atoms. The Bertz CT molecular complexity index is 1750. The fourth-order valence-electron chi connectivity index (χ4n) is 5.10. The van der Waals surface area contributed by atoms with Crippen LogP contribution in [0.4, 0.5) is 5.69 Å². The highest BCUT2D eigenvalue weighted by atomic mass is 79.9. The molecule has 0 radical (unpaired) electrons. The minimum absolute atomic E-state index is 0.0158. The summed E-state index contributed by atoms with van der Waals surface area (Å²) >= 11 is 3.37. The first kappa shape index (κ1) is 36.5. The summed E-state index contributed by atoms with van der Waals surface area (Å²) in [6, 6.07) is 28.4. The van der Waals surface area contributed by atoms with Crippen LogP contribution in [0.3, 0.4) is 0 Å². The van der Waals surface area contributed by atoms with Gasteiger partial charge < -0.3 is 19.7 Å². The average Bonchev–Trinajstić information content (AvgIpc) is 3.09. The number of benzene rings is 4. The van der Waals surface area contributed by atoms with Crippen LogP contribution in [0.25, 0.3) is 0 Å². The lowest BCUT2D eigenvalue weighted by Gasteiger charge is -2.34. The van der Waals surface area contributed by atoms with Crippen LogP contribution in [0.15, 0.2) is 112 Å². The molecule has 11 heteroatoms. The number of nitrogens with one attached hydrogen (secondary N) is 1. The Labute approximate surface area is 292 Å². The number of methoxy groups -OCH3 is 1. The minimum Gasteiger partial charge on any atom is -0.497 e. The Morgan fingerprint density at radius 2 is 1.52 bits per heavy atom. The molecule has 0 fully saturated rings. The van der Waals surface area contributed by atoms with Crippen molar-refractivity contribution < 1.29 is 27.5 Å². The van der Waals surface area contributed by atoms with Crippen molar-refractivity contribution in [2.75, 3.05) is 24.6 Å². The van der Waals surface area contributed by atoms with Gasteiger partial charge in [-0.05, 0) is 92.1 Å². The van der Waals surface area contributed by atoms with Gasteiger partial charge in [0.15, 0.2) is 0 Å². The molecule has 0 aliphatic heterocycles. The lowest BCUT2D eigenvalue weighted by molar-refractivity contribution is -0.140. The number of rotatable bonds is 16. The lowest BCUT2D eigenvalue weighted by Crippen LogP contribution is -2.54. The molecule has 9 nitrogen and oxygen atoms in total. The van der Waals surface area contributed by atoms with Gasteiger partial charge in [0.25, 0.3) is 10.0 Å². The predicted octanol–water partition coefficient (Wildman–Crippen LogP) is 6.61. The predicted molar refractivity (Wildman–Crippen MR) is 192 cm³/mol. The van der Waals surface area contributed by atoms with Crippen molar-refractivity contribution in [3.63, 3.8) is 0 Å². The van der Waals surface area contributed by atoms with Crippen molar-refractivity contribution >= 4 is 43.5 Å². The second-order valence-electron chi connectivity index (χ2n) is 11.3. The van der Waals surface area contributed by atoms with E-state index in [-0.39, 0.29) is 35.5 Å². The Kier molecular flexibility index (Phi) is 13.0. The molecule has 0 saturated carbocycles. The molecule has 1 N–H and O–H groups in total. The molecule has 0 aromatic heterocycles. The number of halogens is 1. The number of hydrogen-bond donors (Lipinski definition) is 1. The Morgan fingerprint density at radius 1 is 0.854 bits per heavy atom. The number of ether oxygens (including phenoxy) is 2. The van der Waals surface area contributed by atoms with Crippen molar-refractivity contribution in [2.45, 2.75) is 57.1 Å². The van der Waals surface area contributed by atoms with E-state index in [1.807, 2.05) is 63.2 Å². The van der Waals surface area contributed by atoms with E-state index >= 15 is 0 Å². The van der Waals surface area contributed by atoms with Crippen LogP contribution in [-0.2, 0) is 32.6 Å². The SMILES string of the molecule is CCOc1ccc(N(CC(=O)N(Cc2cccc(OC)c2)[C@@H](Cc2ccccc2)C(=O)N[C@H](C)CC)S(=O)(=O)c2ccc(Br)cc2)cc1. The number of hydrogen-bond acceptors (Lipinski definition) is 6. The van der Waals surface area contributed by atoms with E-state index in [9.17, 15) is 18.0 Å². The number of carbonyl (C=O) groups excluding carboxylic acids is 2. The first-order chi connectivity index (χ1) is 23.0. The van der Waals surface area contributed by atoms with Gasteiger partial charge in [0, 0.05) is 23.5 Å². The first-order valence-electron chi connectivity index (χ1n) is 15.8. The number of carbonyl (C=O) groups is 2. The molecular formula is C37H42BrN3O6S. The van der Waals surface area contributed by atoms with Gasteiger partial charge >= 0.3 is 0 Å². The maximum atomic E-state index is 14.7. The van der Waals surface area contributed by atoms with Crippen molar-refractivity contribution in [1.29, 1.82) is 0 Å². The Morgan fingerprint density at radius 3 is 2.15 bits per heavy atom. The van der Waals surface area contributed by atoms with Gasteiger partial charge in [-0.2, -0.15) is 0 Å². The van der Waals surface area contributed by atoms with Gasteiger partial charge in [-0.1, -0.05) is 65.3 Å². The molecule has 4 rings (SSSR count). The first-order valence-corrected chi connectivity index (χ1v) is 18.1. The van der Waals surface area contributed by atoms with Crippen LogP contribution in [0.5, 0.6) is 11.5 Å². The second-order valence-corrected chi connectivity index (χ2v) is 14.1. The largest absolute Gasteiger partial charge is 0.497 e. The molecule has 0 saturated heterocycles. The second kappa shape index (κ2) is 17.2. The summed E-state index contributed by atoms with van der Waals surface area (Å²) in [5.74, 6) is 0.288. The summed E-state index contributed by atoms with van der Waals surface area (Å²) in [6.07, 6.45) is 0.923. The zero-order valence-corrected chi connectivity index (χ0v) is 30.0. The molecule has 0 unspecified atom stereocenters. The van der Waals surface area contributed by atoms with E-state index in [1.165, 1.54) is 17.0 Å². The molecule has 0 heterocycles. The van der Waals surface area contributed by atoms with E-state index in [2.05, 4.69) is 21.2 Å². The van der Waals surface area contributed by atoms with Gasteiger partial charge in [-0.15, -0.1) is 0 Å². The molecule has 254 valence electrons. The third-order valence-corrected chi connectivity index (χ3v) is 10.2. The lowest BCUT2D eigenvalue weighted by atomic mass is 10.0. The van der Waals surface area contributed by atoms with Gasteiger partial charge in [0.1, 0.15) is 24.1 Å². The fourth-order valence-corrected chi connectivity index (χ4v) is 6.78. The van der Waals surface area contributed by atoms with Gasteiger partial charge in [-0.25, -0.2) is 8.42 Å². The van der Waals surface area contributed by atoms with Gasteiger partial charge in [0.2, 0.25) is 11.8 Å². The maximum absolute atomic E-state index is 14.7. The average molecular weight is 737 g/mol. The van der Waals surface area contributed by atoms with Crippen molar-refractivity contribution in [2.24, 2.45) is 0 Å². The maximum Gasteiger partial charge on any atom is 0.264 e. The monoisotopic (exact) mass is 735 g/mol. The summed E-state index contributed by atoms with van der Waals surface area (Å²) in [5, 5.41) is 3.05. The quantitative estimate of drug-likeness (QED) is 0.139. The van der Waals surface area contributed by atoms with E-state index < -0.39 is 28.5 Å². The molecule has 4 aromatic rings. The molecule has 2 atom stereocenters. The smallest absolute Gasteiger partial charge is 0.264 e. The van der Waals surface area contributed by atoms with Crippen LogP contribution in [0.2, 0.25) is 0 Å². The number of sulfonamides is 1. The number of anilines is 1. The molecule has 0 bridgehead atoms. The van der Waals surface area contributed by atoms with Crippen molar-refractivity contribution in [1.82, 2.24) is 10.2 Å². The van der Waals surface area contributed by atoms with E-state index in [4.69, 9.17) is 9.47 Å². The van der Waals surface area contributed by atoms with Crippen LogP contribution < -0.4 is 19.1 Å². The summed E-state index contributed by atoms with van der Waals surface area (Å²) in [7, 11) is -2.68. The molecule has 4 aromatic carbocycles. The molecular weight excluding hydrogens is 694 g/mol. The highest BCUT2D eigenvalue weighted by Gasteiger charge is 2.35. The highest BCUT2D eigenvalue weighted by Crippen LogP contribution is 2.28. The molecule has 2 amide bonds. The summed E-state index contributed by atoms with van der Waals surface area (Å²) in [6.45, 7) is 5.66. The van der Waals surface area contributed by atoms with E-state index in [1.54, 1.807) is 55.6 Å². The standard InChI is InChI=1S/C37H42BrN3O6S/c1-5-27(3)39-37(43)35(24-28-11-8-7-9-12-28)40(25-29-13-10-14-33(23-29)46-4)36(42)26-41(31-17-19-32(20-18-31)47-6-2)48(44,45)34-21-15-30(38)16-22-34/h7-23,27,35H,5-6,24-26H2,1-4H3,(H,39,43)/t27-,35+/m1/s1. The summed E-state index contributed by atoms with van der Waals surface area (Å²) in [5.41, 5.74) is 1.86. The van der Waals surface area contributed by atoms with Crippen molar-refractivity contribution in [3.05, 3.63) is 119 Å². The van der Waals surface area contributed by atoms with Crippen LogP contribution >= 0.6 is 15.9 Å². The summed E-state index contributed by atoms with van der Waals surface area (Å²) < 4.78 is 41.3. The van der Waals surface area contributed by atoms with Crippen LogP contribution in [0.1, 0.15) is 38.3 Å². The van der Waals surface area contributed by atoms with E-state index in [0.29, 0.717) is 29.0 Å². The topological polar surface area (TPSA) is 105 Å². The normalized spacial score (nSPS) is 12.4. The fraction of sp³-hybridized carbons (Fsp3) is 0.297. The Hall–Kier alpha value is -4.35. The summed E-state index contributed by atoms with van der Waals surface area (Å²) in [4.78, 5) is 30.1. The number of amides is 2. The van der Waals surface area contributed by atoms with Gasteiger partial charge in [-0.3, -0.25) is 13.9 Å². The zero-order valence-electron chi connectivity index (χ0n) is 27.6. The van der Waals surface area contributed by atoms with Crippen LogP contribution in [0, 0.1) is 0 Å². The third kappa shape index (κ3) is 9.60. The highest BCUT2D eigenvalue weighted by molar-refractivity contribution is 9.10. The zero-order chi connectivity index (χ0) is 34.7. The van der Waals surface area contributed by atoms with Gasteiger partial charge in [0.05, 0.1) is 24.3 Å². The molecule has 0 aliphatic rings.